The van der Waals surface area contributed by atoms with Crippen molar-refractivity contribution in [3.05, 3.63) is 11.1 Å². The molecular weight excluding hydrogens is 312 g/mol. The second-order valence-corrected chi connectivity index (χ2v) is 7.46. The molecule has 0 radical (unpaired) electrons. The van der Waals surface area contributed by atoms with Crippen LogP contribution in [0, 0.1) is 5.92 Å². The van der Waals surface area contributed by atoms with Crippen molar-refractivity contribution in [2.24, 2.45) is 11.7 Å². The first-order valence-corrected chi connectivity index (χ1v) is 9.26. The second-order valence-electron chi connectivity index (χ2n) is 6.37. The van der Waals surface area contributed by atoms with Crippen molar-refractivity contribution < 1.29 is 9.53 Å². The molecule has 0 spiro atoms. The fourth-order valence-corrected chi connectivity index (χ4v) is 4.77. The van der Waals surface area contributed by atoms with E-state index in [9.17, 15) is 4.79 Å². The molecule has 0 unspecified atom stereocenters. The van der Waals surface area contributed by atoms with Crippen LogP contribution in [0.4, 0.5) is 5.13 Å². The van der Waals surface area contributed by atoms with Gasteiger partial charge < -0.3 is 20.7 Å². The molecule has 128 valence electrons. The number of fused-ring (bicyclic) bond motifs is 1. The minimum atomic E-state index is -0.114. The molecule has 0 bridgehead atoms. The average Bonchev–Trinajstić information content (AvgIpc) is 3.18. The fourth-order valence-electron chi connectivity index (χ4n) is 3.87. The van der Waals surface area contributed by atoms with Gasteiger partial charge in [0.15, 0.2) is 5.13 Å². The van der Waals surface area contributed by atoms with Crippen molar-refractivity contribution in [1.82, 2.24) is 10.3 Å². The number of nitrogens with one attached hydrogen (secondary N) is 1. The van der Waals surface area contributed by atoms with Gasteiger partial charge in [-0.15, -0.1) is 11.3 Å². The molecule has 1 aromatic rings. The minimum absolute atomic E-state index is 0.0981. The monoisotopic (exact) mass is 338 g/mol. The lowest BCUT2D eigenvalue weighted by molar-refractivity contribution is -0.122. The highest BCUT2D eigenvalue weighted by molar-refractivity contribution is 7.15. The van der Waals surface area contributed by atoms with Gasteiger partial charge in [-0.1, -0.05) is 12.8 Å². The summed E-state index contributed by atoms with van der Waals surface area (Å²) in [5, 5.41) is 3.95. The van der Waals surface area contributed by atoms with Crippen molar-refractivity contribution in [3.63, 3.8) is 0 Å². The maximum Gasteiger partial charge on any atom is 0.242 e. The van der Waals surface area contributed by atoms with Gasteiger partial charge in [0.25, 0.3) is 0 Å². The van der Waals surface area contributed by atoms with E-state index in [1.54, 1.807) is 18.4 Å². The van der Waals surface area contributed by atoms with Crippen molar-refractivity contribution in [3.8, 4) is 0 Å². The number of carbonyl (C=O) groups excluding carboxylic acids is 1. The van der Waals surface area contributed by atoms with Crippen LogP contribution in [0.3, 0.4) is 0 Å². The maximum absolute atomic E-state index is 12.7. The number of nitrogens with zero attached hydrogens (tertiary/aromatic N) is 2. The van der Waals surface area contributed by atoms with Crippen LogP contribution in [0.5, 0.6) is 0 Å². The first kappa shape index (κ1) is 16.7. The molecule has 3 N–H and O–H groups in total. The van der Waals surface area contributed by atoms with E-state index >= 15 is 0 Å². The highest BCUT2D eigenvalue weighted by Gasteiger charge is 2.46. The summed E-state index contributed by atoms with van der Waals surface area (Å²) >= 11 is 1.62. The van der Waals surface area contributed by atoms with Gasteiger partial charge in [0.1, 0.15) is 6.04 Å². The summed E-state index contributed by atoms with van der Waals surface area (Å²) in [6.07, 6.45) is 7.67. The molecule has 2 aliphatic rings. The highest BCUT2D eigenvalue weighted by atomic mass is 32.1. The zero-order valence-electron chi connectivity index (χ0n) is 13.7. The molecule has 0 aromatic carbocycles. The Balaban J connectivity index is 1.79. The highest BCUT2D eigenvalue weighted by Crippen LogP contribution is 2.43. The summed E-state index contributed by atoms with van der Waals surface area (Å²) < 4.78 is 5.03. The number of anilines is 1. The Morgan fingerprint density at radius 3 is 3.09 bits per heavy atom. The maximum atomic E-state index is 12.7. The number of hydrogen-bond acceptors (Lipinski definition) is 6. The molecule has 1 aliphatic carbocycles. The summed E-state index contributed by atoms with van der Waals surface area (Å²) in [6.45, 7) is 1.60. The number of thiazole rings is 1. The molecule has 7 heteroatoms. The SMILES string of the molecule is COCCNC(=O)[C@@H]1C[C@@H]2CCCC[C@@H]2N1c1ncc(CN)s1. The number of nitrogens with two attached hydrogens (primary N) is 1. The smallest absolute Gasteiger partial charge is 0.242 e. The van der Waals surface area contributed by atoms with E-state index in [0.29, 0.717) is 31.7 Å². The summed E-state index contributed by atoms with van der Waals surface area (Å²) in [5.41, 5.74) is 5.73. The van der Waals surface area contributed by atoms with Crippen molar-refractivity contribution >= 4 is 22.4 Å². The Labute approximate surface area is 141 Å². The van der Waals surface area contributed by atoms with Crippen LogP contribution in [-0.2, 0) is 16.1 Å². The summed E-state index contributed by atoms with van der Waals surface area (Å²) in [5.74, 6) is 0.702. The third-order valence-corrected chi connectivity index (χ3v) is 5.99. The summed E-state index contributed by atoms with van der Waals surface area (Å²) in [6, 6.07) is 0.329. The van der Waals surface area contributed by atoms with E-state index in [-0.39, 0.29) is 11.9 Å². The molecular formula is C16H26N4O2S. The van der Waals surface area contributed by atoms with Gasteiger partial charge in [0.05, 0.1) is 6.61 Å². The summed E-state index contributed by atoms with van der Waals surface area (Å²) in [4.78, 5) is 20.6. The molecule has 1 saturated heterocycles. The van der Waals surface area contributed by atoms with Crippen molar-refractivity contribution in [1.29, 1.82) is 0 Å². The molecule has 3 rings (SSSR count). The van der Waals surface area contributed by atoms with Gasteiger partial charge >= 0.3 is 0 Å². The molecule has 1 aromatic heterocycles. The molecule has 1 aliphatic heterocycles. The van der Waals surface area contributed by atoms with Gasteiger partial charge in [0.2, 0.25) is 5.91 Å². The molecule has 2 fully saturated rings. The number of rotatable bonds is 6. The topological polar surface area (TPSA) is 80.5 Å². The van der Waals surface area contributed by atoms with Gasteiger partial charge in [-0.2, -0.15) is 0 Å². The van der Waals surface area contributed by atoms with E-state index in [1.165, 1.54) is 19.3 Å². The van der Waals surface area contributed by atoms with Crippen LogP contribution in [0.1, 0.15) is 37.0 Å². The fraction of sp³-hybridized carbons (Fsp3) is 0.750. The van der Waals surface area contributed by atoms with Crippen LogP contribution in [0.25, 0.3) is 0 Å². The third kappa shape index (κ3) is 3.51. The molecule has 3 atom stereocenters. The van der Waals surface area contributed by atoms with Crippen LogP contribution in [-0.4, -0.2) is 43.2 Å². The number of hydrogen-bond donors (Lipinski definition) is 2. The van der Waals surface area contributed by atoms with Crippen molar-refractivity contribution in [2.45, 2.75) is 50.7 Å². The molecule has 6 nitrogen and oxygen atoms in total. The lowest BCUT2D eigenvalue weighted by Crippen LogP contribution is -2.47. The van der Waals surface area contributed by atoms with E-state index < -0.39 is 0 Å². The summed E-state index contributed by atoms with van der Waals surface area (Å²) in [7, 11) is 1.65. The van der Waals surface area contributed by atoms with Gasteiger partial charge in [-0.3, -0.25) is 4.79 Å². The zero-order chi connectivity index (χ0) is 16.2. The number of ether oxygens (including phenoxy) is 1. The second kappa shape index (κ2) is 7.59. The van der Waals surface area contributed by atoms with Crippen molar-refractivity contribution in [2.75, 3.05) is 25.2 Å². The standard InChI is InChI=1S/C16H26N4O2S/c1-22-7-6-18-15(21)14-8-11-4-2-3-5-13(11)20(14)16-19-10-12(9-17)23-16/h10-11,13-14H,2-9,17H2,1H3,(H,18,21)/t11-,13-,14-/m0/s1. The van der Waals surface area contributed by atoms with E-state index in [1.807, 2.05) is 6.20 Å². The lowest BCUT2D eigenvalue weighted by Gasteiger charge is -2.33. The van der Waals surface area contributed by atoms with Crippen LogP contribution in [0.15, 0.2) is 6.20 Å². The Morgan fingerprint density at radius 1 is 1.52 bits per heavy atom. The van der Waals surface area contributed by atoms with Gasteiger partial charge in [-0.25, -0.2) is 4.98 Å². The average molecular weight is 338 g/mol. The number of aromatic nitrogens is 1. The number of amides is 1. The minimum Gasteiger partial charge on any atom is -0.383 e. The first-order chi connectivity index (χ1) is 11.2. The van der Waals surface area contributed by atoms with Crippen LogP contribution in [0.2, 0.25) is 0 Å². The normalized spacial score (nSPS) is 27.0. The predicted octanol–water partition coefficient (Wildman–Crippen LogP) is 1.50. The predicted molar refractivity (Wildman–Crippen MR) is 91.5 cm³/mol. The Bertz CT molecular complexity index is 536. The van der Waals surface area contributed by atoms with Gasteiger partial charge in [-0.05, 0) is 25.2 Å². The molecule has 2 heterocycles. The Morgan fingerprint density at radius 2 is 2.35 bits per heavy atom. The Kier molecular flexibility index (Phi) is 5.50. The van der Waals surface area contributed by atoms with E-state index in [0.717, 1.165) is 22.9 Å². The van der Waals surface area contributed by atoms with Gasteiger partial charge in [0, 0.05) is 37.3 Å². The number of carbonyl (C=O) groups is 1. The largest absolute Gasteiger partial charge is 0.383 e. The third-order valence-electron chi connectivity index (χ3n) is 4.96. The first-order valence-electron chi connectivity index (χ1n) is 8.44. The van der Waals surface area contributed by atoms with E-state index in [2.05, 4.69) is 15.2 Å². The molecule has 1 amide bonds. The molecule has 23 heavy (non-hydrogen) atoms. The quantitative estimate of drug-likeness (QED) is 0.769. The molecule has 1 saturated carbocycles. The lowest BCUT2D eigenvalue weighted by atomic mass is 9.85. The number of methoxy groups -OCH3 is 1. The Hall–Kier alpha value is -1.18. The zero-order valence-corrected chi connectivity index (χ0v) is 14.5. The van der Waals surface area contributed by atoms with Crippen LogP contribution < -0.4 is 16.0 Å². The van der Waals surface area contributed by atoms with Crippen LogP contribution >= 0.6 is 11.3 Å². The van der Waals surface area contributed by atoms with E-state index in [4.69, 9.17) is 10.5 Å².